The summed E-state index contributed by atoms with van der Waals surface area (Å²) in [6, 6.07) is 24.7. The molecule has 3 heterocycles. The number of hydrogen-bond acceptors (Lipinski definition) is 9. The summed E-state index contributed by atoms with van der Waals surface area (Å²) in [6.45, 7) is 2.30. The largest absolute Gasteiger partial charge is 0.507 e. The Hall–Kier alpha value is -5.35. The Bertz CT molecular complexity index is 2020. The van der Waals surface area contributed by atoms with Gasteiger partial charge >= 0.3 is 5.91 Å². The number of rotatable bonds is 8. The average molecular weight is 635 g/mol. The van der Waals surface area contributed by atoms with Gasteiger partial charge in [-0.3, -0.25) is 14.5 Å². The van der Waals surface area contributed by atoms with Gasteiger partial charge in [-0.1, -0.05) is 47.7 Å². The van der Waals surface area contributed by atoms with Crippen LogP contribution in [0.4, 0.5) is 5.13 Å². The molecule has 1 N–H and O–H groups in total. The van der Waals surface area contributed by atoms with E-state index < -0.39 is 17.7 Å². The quantitative estimate of drug-likeness (QED) is 0.112. The van der Waals surface area contributed by atoms with E-state index in [0.717, 1.165) is 21.6 Å². The molecule has 0 aliphatic carbocycles. The van der Waals surface area contributed by atoms with Crippen molar-refractivity contribution in [2.45, 2.75) is 32.1 Å². The van der Waals surface area contributed by atoms with Gasteiger partial charge in [0.25, 0.3) is 5.78 Å². The number of carbonyl (C=O) groups excluding carboxylic acids is 2. The zero-order valence-corrected chi connectivity index (χ0v) is 26.2. The maximum Gasteiger partial charge on any atom is 0.301 e. The maximum atomic E-state index is 13.8. The van der Waals surface area contributed by atoms with Crippen LogP contribution in [-0.4, -0.2) is 42.1 Å². The van der Waals surface area contributed by atoms with Crippen LogP contribution in [0.25, 0.3) is 16.0 Å². The first-order valence-electron chi connectivity index (χ1n) is 14.7. The second-order valence-corrected chi connectivity index (χ2v) is 12.1. The predicted octanol–water partition coefficient (Wildman–Crippen LogP) is 6.84. The molecule has 46 heavy (non-hydrogen) atoms. The number of amides is 1. The van der Waals surface area contributed by atoms with Gasteiger partial charge in [0.15, 0.2) is 16.6 Å². The third-order valence-electron chi connectivity index (χ3n) is 8.14. The summed E-state index contributed by atoms with van der Waals surface area (Å²) in [5.74, 6) is 0.406. The number of ether oxygens (including phenoxy) is 4. The minimum Gasteiger partial charge on any atom is -0.507 e. The Morgan fingerprint density at radius 2 is 1.80 bits per heavy atom. The van der Waals surface area contributed by atoms with Gasteiger partial charge in [-0.2, -0.15) is 0 Å². The second-order valence-electron chi connectivity index (χ2n) is 11.1. The number of Topliss-reactive ketones (excluding diaryl/α,β-unsaturated/α-hetero) is 1. The first kappa shape index (κ1) is 29.4. The number of carbonyl (C=O) groups is 2. The van der Waals surface area contributed by atoms with Gasteiger partial charge in [-0.05, 0) is 72.1 Å². The minimum absolute atomic E-state index is 0.00530. The first-order chi connectivity index (χ1) is 22.3. The van der Waals surface area contributed by atoms with E-state index in [-0.39, 0.29) is 17.4 Å². The molecular weight excluding hydrogens is 604 g/mol. The lowest BCUT2D eigenvalue weighted by Crippen LogP contribution is -2.29. The number of fused-ring (bicyclic) bond motifs is 2. The van der Waals surface area contributed by atoms with Crippen molar-refractivity contribution in [2.24, 2.45) is 0 Å². The van der Waals surface area contributed by atoms with Gasteiger partial charge in [-0.25, -0.2) is 4.98 Å². The Morgan fingerprint density at radius 3 is 2.59 bits per heavy atom. The van der Waals surface area contributed by atoms with Crippen LogP contribution >= 0.6 is 11.3 Å². The highest BCUT2D eigenvalue weighted by Crippen LogP contribution is 2.46. The van der Waals surface area contributed by atoms with E-state index in [0.29, 0.717) is 52.1 Å². The Morgan fingerprint density at radius 1 is 0.978 bits per heavy atom. The van der Waals surface area contributed by atoms with E-state index in [2.05, 4.69) is 0 Å². The van der Waals surface area contributed by atoms with Crippen molar-refractivity contribution in [1.82, 2.24) is 4.98 Å². The number of nitrogens with zero attached hydrogens (tertiary/aromatic N) is 2. The molecule has 10 heteroatoms. The minimum atomic E-state index is -0.997. The monoisotopic (exact) mass is 634 g/mol. The predicted molar refractivity (Wildman–Crippen MR) is 175 cm³/mol. The maximum absolute atomic E-state index is 13.8. The fourth-order valence-corrected chi connectivity index (χ4v) is 6.92. The van der Waals surface area contributed by atoms with Crippen LogP contribution in [0, 0.1) is 0 Å². The molecule has 1 aromatic heterocycles. The fraction of sp³-hybridized carbons (Fsp3) is 0.194. The van der Waals surface area contributed by atoms with Crippen LogP contribution in [0.3, 0.4) is 0 Å². The average Bonchev–Trinajstić information content (AvgIpc) is 3.75. The van der Waals surface area contributed by atoms with E-state index in [1.165, 1.54) is 23.3 Å². The van der Waals surface area contributed by atoms with Crippen LogP contribution in [0.15, 0.2) is 90.5 Å². The molecule has 1 fully saturated rings. The van der Waals surface area contributed by atoms with Crippen molar-refractivity contribution in [3.05, 3.63) is 113 Å². The van der Waals surface area contributed by atoms with Crippen LogP contribution in [-0.2, 0) is 22.6 Å². The van der Waals surface area contributed by atoms with Crippen molar-refractivity contribution in [3.8, 4) is 23.0 Å². The molecule has 2 atom stereocenters. The summed E-state index contributed by atoms with van der Waals surface area (Å²) in [4.78, 5) is 33.7. The zero-order valence-electron chi connectivity index (χ0n) is 25.4. The lowest BCUT2D eigenvalue weighted by molar-refractivity contribution is -0.132. The number of ketones is 1. The van der Waals surface area contributed by atoms with Gasteiger partial charge in [-0.15, -0.1) is 0 Å². The molecular formula is C36H30N2O7S. The second kappa shape index (κ2) is 11.9. The fourth-order valence-electron chi connectivity index (χ4n) is 5.90. The standard InChI is InChI=1S/C36H30N2O7S/c1-20-15-24-16-23(10-13-27(24)45-20)33(39)31-32(22-9-14-28(29(17-22)43-3)44-19-21-7-5-4-6-8-21)38(35(41)34(31)40)36-37-26-12-11-25(42-2)18-30(26)46-36/h4-14,16-18,20,32,39H,15,19H2,1-3H3/t20-,32+/m0/s1. The lowest BCUT2D eigenvalue weighted by atomic mass is 9.94. The van der Waals surface area contributed by atoms with Crippen molar-refractivity contribution < 1.29 is 33.6 Å². The number of aromatic nitrogens is 1. The summed E-state index contributed by atoms with van der Waals surface area (Å²) in [5.41, 5.74) is 3.47. The van der Waals surface area contributed by atoms with Crippen molar-refractivity contribution >= 4 is 44.1 Å². The van der Waals surface area contributed by atoms with Gasteiger partial charge in [0.2, 0.25) is 0 Å². The molecule has 1 amide bonds. The number of hydrogen-bond donors (Lipinski definition) is 1. The molecule has 5 aromatic rings. The van der Waals surface area contributed by atoms with Gasteiger partial charge < -0.3 is 24.1 Å². The molecule has 0 bridgehead atoms. The molecule has 7 rings (SSSR count). The first-order valence-corrected chi connectivity index (χ1v) is 15.6. The highest BCUT2D eigenvalue weighted by atomic mass is 32.1. The molecule has 4 aromatic carbocycles. The molecule has 1 saturated heterocycles. The smallest absolute Gasteiger partial charge is 0.301 e. The van der Waals surface area contributed by atoms with Gasteiger partial charge in [0.05, 0.1) is 36.1 Å². The van der Waals surface area contributed by atoms with Crippen LogP contribution < -0.4 is 23.8 Å². The van der Waals surface area contributed by atoms with E-state index in [1.807, 2.05) is 49.4 Å². The van der Waals surface area contributed by atoms with Crippen molar-refractivity contribution in [1.29, 1.82) is 0 Å². The van der Waals surface area contributed by atoms with E-state index >= 15 is 0 Å². The number of aliphatic hydroxyl groups is 1. The summed E-state index contributed by atoms with van der Waals surface area (Å²) >= 11 is 1.26. The third-order valence-corrected chi connectivity index (χ3v) is 9.16. The summed E-state index contributed by atoms with van der Waals surface area (Å²) < 4.78 is 23.8. The molecule has 2 aliphatic rings. The molecule has 0 unspecified atom stereocenters. The van der Waals surface area contributed by atoms with Crippen LogP contribution in [0.5, 0.6) is 23.0 Å². The van der Waals surface area contributed by atoms with E-state index in [1.54, 1.807) is 49.6 Å². The highest BCUT2D eigenvalue weighted by Gasteiger charge is 2.48. The molecule has 0 spiro atoms. The molecule has 232 valence electrons. The topological polar surface area (TPSA) is 107 Å². The Labute approximate surface area is 269 Å². The van der Waals surface area contributed by atoms with Crippen molar-refractivity contribution in [2.75, 3.05) is 19.1 Å². The van der Waals surface area contributed by atoms with Crippen molar-refractivity contribution in [3.63, 3.8) is 0 Å². The molecule has 0 saturated carbocycles. The number of anilines is 1. The van der Waals surface area contributed by atoms with Crippen LogP contribution in [0.1, 0.15) is 35.2 Å². The number of aliphatic hydroxyl groups excluding tert-OH is 1. The molecule has 9 nitrogen and oxygen atoms in total. The van der Waals surface area contributed by atoms with Crippen LogP contribution in [0.2, 0.25) is 0 Å². The highest BCUT2D eigenvalue weighted by molar-refractivity contribution is 7.22. The van der Waals surface area contributed by atoms with E-state index in [4.69, 9.17) is 23.9 Å². The summed E-state index contributed by atoms with van der Waals surface area (Å²) in [6.07, 6.45) is 0.677. The SMILES string of the molecule is COc1ccc2nc(N3C(=O)C(=O)C(=C(O)c4ccc5c(c4)C[C@H](C)O5)[C@H]3c3ccc(OCc4ccccc4)c(OC)c3)sc2c1. The summed E-state index contributed by atoms with van der Waals surface area (Å²) in [5, 5.41) is 12.1. The number of benzene rings is 4. The Balaban J connectivity index is 1.35. The van der Waals surface area contributed by atoms with E-state index in [9.17, 15) is 14.7 Å². The normalized spacial score (nSPS) is 18.5. The third kappa shape index (κ3) is 5.20. The number of methoxy groups -OCH3 is 2. The zero-order chi connectivity index (χ0) is 31.9. The van der Waals surface area contributed by atoms with Gasteiger partial charge in [0.1, 0.15) is 30.0 Å². The summed E-state index contributed by atoms with van der Waals surface area (Å²) in [7, 11) is 3.11. The molecule has 2 aliphatic heterocycles. The Kier molecular flexibility index (Phi) is 7.58. The lowest BCUT2D eigenvalue weighted by Gasteiger charge is -2.24. The molecule has 0 radical (unpaired) electrons. The van der Waals surface area contributed by atoms with Gasteiger partial charge in [0, 0.05) is 12.0 Å². The number of thiazole rings is 1.